The fourth-order valence-corrected chi connectivity index (χ4v) is 4.18. The third kappa shape index (κ3) is 5.20. The van der Waals surface area contributed by atoms with E-state index >= 15 is 0 Å². The standard InChI is InChI=1S/C19H23ClN4O2S/c1-23(2)19(26)24-8-6-14(7-9-24)17(25)22-18-21-12-16(27-18)11-13-4-3-5-15(20)10-13/h3-5,10,12,14H,6-9,11H2,1-2H3,(H,21,22,25). The molecule has 1 N–H and O–H groups in total. The highest BCUT2D eigenvalue weighted by atomic mass is 35.5. The molecular formula is C19H23ClN4O2S. The fourth-order valence-electron chi connectivity index (χ4n) is 3.12. The second kappa shape index (κ2) is 8.71. The van der Waals surface area contributed by atoms with Gasteiger partial charge in [-0.2, -0.15) is 0 Å². The number of nitrogens with one attached hydrogen (secondary N) is 1. The number of amides is 3. The Bertz CT molecular complexity index is 816. The van der Waals surface area contributed by atoms with Crippen LogP contribution in [0.1, 0.15) is 23.3 Å². The molecule has 1 aromatic heterocycles. The lowest BCUT2D eigenvalue weighted by Crippen LogP contribution is -2.45. The molecule has 1 aliphatic rings. The Labute approximate surface area is 168 Å². The van der Waals surface area contributed by atoms with Gasteiger partial charge in [-0.1, -0.05) is 23.7 Å². The number of urea groups is 1. The number of piperidine rings is 1. The fraction of sp³-hybridized carbons (Fsp3) is 0.421. The number of halogens is 1. The molecule has 3 amide bonds. The topological polar surface area (TPSA) is 65.5 Å². The van der Waals surface area contributed by atoms with Gasteiger partial charge in [0.1, 0.15) is 0 Å². The van der Waals surface area contributed by atoms with E-state index in [-0.39, 0.29) is 17.9 Å². The van der Waals surface area contributed by atoms with E-state index in [1.165, 1.54) is 11.3 Å². The van der Waals surface area contributed by atoms with E-state index in [0.717, 1.165) is 16.9 Å². The van der Waals surface area contributed by atoms with Gasteiger partial charge in [0.15, 0.2) is 5.13 Å². The summed E-state index contributed by atoms with van der Waals surface area (Å²) in [7, 11) is 3.48. The molecule has 0 atom stereocenters. The monoisotopic (exact) mass is 406 g/mol. The molecule has 6 nitrogen and oxygen atoms in total. The number of nitrogens with zero attached hydrogens (tertiary/aromatic N) is 3. The predicted octanol–water partition coefficient (Wildman–Crippen LogP) is 3.72. The highest BCUT2D eigenvalue weighted by molar-refractivity contribution is 7.15. The van der Waals surface area contributed by atoms with E-state index in [2.05, 4.69) is 10.3 Å². The number of hydrogen-bond acceptors (Lipinski definition) is 4. The van der Waals surface area contributed by atoms with Crippen molar-refractivity contribution in [3.8, 4) is 0 Å². The van der Waals surface area contributed by atoms with Gasteiger partial charge in [0, 0.05) is 55.6 Å². The first-order chi connectivity index (χ1) is 12.9. The van der Waals surface area contributed by atoms with Gasteiger partial charge >= 0.3 is 6.03 Å². The van der Waals surface area contributed by atoms with E-state index in [4.69, 9.17) is 11.6 Å². The lowest BCUT2D eigenvalue weighted by Gasteiger charge is -2.32. The van der Waals surface area contributed by atoms with Crippen molar-refractivity contribution in [1.29, 1.82) is 0 Å². The summed E-state index contributed by atoms with van der Waals surface area (Å²) in [6.07, 6.45) is 3.87. The van der Waals surface area contributed by atoms with Crippen LogP contribution in [0.3, 0.4) is 0 Å². The van der Waals surface area contributed by atoms with Crippen LogP contribution in [0.25, 0.3) is 0 Å². The van der Waals surface area contributed by atoms with Gasteiger partial charge in [-0.15, -0.1) is 11.3 Å². The molecule has 0 bridgehead atoms. The van der Waals surface area contributed by atoms with E-state index in [9.17, 15) is 9.59 Å². The Kier molecular flexibility index (Phi) is 6.34. The zero-order valence-corrected chi connectivity index (χ0v) is 17.0. The van der Waals surface area contributed by atoms with E-state index in [1.807, 2.05) is 24.3 Å². The molecule has 1 fully saturated rings. The molecule has 144 valence electrons. The van der Waals surface area contributed by atoms with Gasteiger partial charge in [0.05, 0.1) is 0 Å². The third-order valence-electron chi connectivity index (χ3n) is 4.57. The number of benzene rings is 1. The van der Waals surface area contributed by atoms with Crippen LogP contribution < -0.4 is 5.32 Å². The van der Waals surface area contributed by atoms with Gasteiger partial charge in [0.2, 0.25) is 5.91 Å². The Balaban J connectivity index is 1.52. The second-order valence-electron chi connectivity index (χ2n) is 6.87. The van der Waals surface area contributed by atoms with Gasteiger partial charge in [-0.3, -0.25) is 4.79 Å². The van der Waals surface area contributed by atoms with Crippen LogP contribution in [0.5, 0.6) is 0 Å². The minimum Gasteiger partial charge on any atom is -0.331 e. The summed E-state index contributed by atoms with van der Waals surface area (Å²) in [5.74, 6) is -0.105. The average Bonchev–Trinajstić information content (AvgIpc) is 3.08. The van der Waals surface area contributed by atoms with E-state index in [1.54, 1.807) is 30.1 Å². The number of thiazole rings is 1. The van der Waals surface area contributed by atoms with Gasteiger partial charge in [-0.05, 0) is 30.5 Å². The number of hydrogen-bond donors (Lipinski definition) is 1. The van der Waals surface area contributed by atoms with Crippen molar-refractivity contribution in [3.63, 3.8) is 0 Å². The summed E-state index contributed by atoms with van der Waals surface area (Å²) in [6.45, 7) is 1.21. The van der Waals surface area contributed by atoms with Crippen LogP contribution >= 0.6 is 22.9 Å². The van der Waals surface area contributed by atoms with Crippen molar-refractivity contribution >= 4 is 40.0 Å². The largest absolute Gasteiger partial charge is 0.331 e. The zero-order valence-electron chi connectivity index (χ0n) is 15.4. The van der Waals surface area contributed by atoms with Crippen LogP contribution in [-0.2, 0) is 11.2 Å². The number of likely N-dealkylation sites (tertiary alicyclic amines) is 1. The van der Waals surface area contributed by atoms with Crippen LogP contribution in [0.15, 0.2) is 30.5 Å². The molecule has 0 radical (unpaired) electrons. The lowest BCUT2D eigenvalue weighted by atomic mass is 9.96. The Morgan fingerprint density at radius 3 is 2.74 bits per heavy atom. The highest BCUT2D eigenvalue weighted by Crippen LogP contribution is 2.25. The van der Waals surface area contributed by atoms with Crippen molar-refractivity contribution in [2.24, 2.45) is 5.92 Å². The summed E-state index contributed by atoms with van der Waals surface area (Å²) in [6, 6.07) is 7.73. The quantitative estimate of drug-likeness (QED) is 0.841. The molecular weight excluding hydrogens is 384 g/mol. The summed E-state index contributed by atoms with van der Waals surface area (Å²) in [5, 5.41) is 4.25. The average molecular weight is 407 g/mol. The van der Waals surface area contributed by atoms with Crippen molar-refractivity contribution in [1.82, 2.24) is 14.8 Å². The molecule has 1 aliphatic heterocycles. The number of anilines is 1. The van der Waals surface area contributed by atoms with E-state index in [0.29, 0.717) is 36.1 Å². The highest BCUT2D eigenvalue weighted by Gasteiger charge is 2.28. The van der Waals surface area contributed by atoms with Crippen molar-refractivity contribution < 1.29 is 9.59 Å². The smallest absolute Gasteiger partial charge is 0.319 e. The molecule has 1 aromatic carbocycles. The summed E-state index contributed by atoms with van der Waals surface area (Å²) in [4.78, 5) is 33.2. The minimum absolute atomic E-state index is 0.000520. The molecule has 8 heteroatoms. The van der Waals surface area contributed by atoms with Crippen LogP contribution in [0.2, 0.25) is 5.02 Å². The van der Waals surface area contributed by atoms with Crippen molar-refractivity contribution in [2.75, 3.05) is 32.5 Å². The second-order valence-corrected chi connectivity index (χ2v) is 8.42. The van der Waals surface area contributed by atoms with Crippen LogP contribution in [0.4, 0.5) is 9.93 Å². The Hall–Kier alpha value is -2.12. The Morgan fingerprint density at radius 2 is 2.07 bits per heavy atom. The first-order valence-corrected chi connectivity index (χ1v) is 10.1. The van der Waals surface area contributed by atoms with E-state index < -0.39 is 0 Å². The molecule has 2 aromatic rings. The molecule has 0 saturated carbocycles. The van der Waals surface area contributed by atoms with Gasteiger partial charge < -0.3 is 15.1 Å². The maximum Gasteiger partial charge on any atom is 0.319 e. The van der Waals surface area contributed by atoms with Crippen LogP contribution in [0, 0.1) is 5.92 Å². The molecule has 27 heavy (non-hydrogen) atoms. The molecule has 0 spiro atoms. The first kappa shape index (κ1) is 19.6. The first-order valence-electron chi connectivity index (χ1n) is 8.88. The molecule has 3 rings (SSSR count). The van der Waals surface area contributed by atoms with Crippen molar-refractivity contribution in [3.05, 3.63) is 45.9 Å². The third-order valence-corrected chi connectivity index (χ3v) is 5.72. The molecule has 2 heterocycles. The SMILES string of the molecule is CN(C)C(=O)N1CCC(C(=O)Nc2ncc(Cc3cccc(Cl)c3)s2)CC1. The summed E-state index contributed by atoms with van der Waals surface area (Å²) in [5.41, 5.74) is 1.11. The summed E-state index contributed by atoms with van der Waals surface area (Å²) >= 11 is 7.50. The zero-order chi connectivity index (χ0) is 19.4. The maximum atomic E-state index is 12.5. The minimum atomic E-state index is -0.0866. The lowest BCUT2D eigenvalue weighted by molar-refractivity contribution is -0.121. The summed E-state index contributed by atoms with van der Waals surface area (Å²) < 4.78 is 0. The molecule has 0 aliphatic carbocycles. The molecule has 1 saturated heterocycles. The maximum absolute atomic E-state index is 12.5. The van der Waals surface area contributed by atoms with Gasteiger partial charge in [0.25, 0.3) is 0 Å². The van der Waals surface area contributed by atoms with Crippen molar-refractivity contribution in [2.45, 2.75) is 19.3 Å². The number of aromatic nitrogens is 1. The number of carbonyl (C=O) groups excluding carboxylic acids is 2. The molecule has 0 unspecified atom stereocenters. The predicted molar refractivity (Wildman–Crippen MR) is 108 cm³/mol. The normalized spacial score (nSPS) is 14.9. The van der Waals surface area contributed by atoms with Crippen LogP contribution in [-0.4, -0.2) is 53.9 Å². The number of rotatable bonds is 4. The number of carbonyl (C=O) groups is 2. The van der Waals surface area contributed by atoms with Gasteiger partial charge in [-0.25, -0.2) is 9.78 Å². The Morgan fingerprint density at radius 1 is 1.33 bits per heavy atom.